The number of hydrogen-bond acceptors (Lipinski definition) is 6. The number of aliphatic hydroxyl groups is 4. The highest BCUT2D eigenvalue weighted by Crippen LogP contribution is 2.22. The van der Waals surface area contributed by atoms with Gasteiger partial charge in [0.2, 0.25) is 0 Å². The molecule has 1 aliphatic heterocycles. The Balaban J connectivity index is 1.96. The molecule has 0 spiro atoms. The highest BCUT2D eigenvalue weighted by molar-refractivity contribution is 5.85. The van der Waals surface area contributed by atoms with E-state index in [9.17, 15) is 20.4 Å². The van der Waals surface area contributed by atoms with Crippen LogP contribution in [0.2, 0.25) is 0 Å². The van der Waals surface area contributed by atoms with Crippen molar-refractivity contribution in [2.45, 2.75) is 37.4 Å². The van der Waals surface area contributed by atoms with Crippen molar-refractivity contribution in [3.05, 3.63) is 29.5 Å². The normalized spacial score (nSPS) is 28.8. The minimum Gasteiger partial charge on any atom is -0.394 e. The van der Waals surface area contributed by atoms with E-state index >= 15 is 0 Å². The average molecular weight is 342 g/mol. The van der Waals surface area contributed by atoms with Crippen LogP contribution >= 0.6 is 0 Å². The van der Waals surface area contributed by atoms with Gasteiger partial charge in [0.25, 0.3) is 0 Å². The van der Waals surface area contributed by atoms with Gasteiger partial charge >= 0.3 is 0 Å². The van der Waals surface area contributed by atoms with Crippen molar-refractivity contribution in [2.24, 2.45) is 0 Å². The molecule has 7 heteroatoms. The highest BCUT2D eigenvalue weighted by Gasteiger charge is 2.42. The number of fused-ring (bicyclic) bond motifs is 1. The number of rotatable bonds is 1. The lowest BCUT2D eigenvalue weighted by atomic mass is 9.95. The molecule has 0 amide bonds. The summed E-state index contributed by atoms with van der Waals surface area (Å²) in [7, 11) is 0. The quantitative estimate of drug-likeness (QED) is 0.430. The Bertz CT molecular complexity index is 883. The van der Waals surface area contributed by atoms with Crippen LogP contribution in [0.5, 0.6) is 0 Å². The van der Waals surface area contributed by atoms with Gasteiger partial charge in [-0.1, -0.05) is 17.8 Å². The molecule has 3 rings (SSSR count). The summed E-state index contributed by atoms with van der Waals surface area (Å²) < 4.78 is 5.39. The predicted molar refractivity (Wildman–Crippen MR) is 89.3 cm³/mol. The van der Waals surface area contributed by atoms with E-state index in [1.807, 2.05) is 6.07 Å². The number of ether oxygens (including phenoxy) is 1. The molecule has 5 N–H and O–H groups in total. The van der Waals surface area contributed by atoms with Gasteiger partial charge in [-0.15, -0.1) is 5.92 Å². The Morgan fingerprint density at radius 2 is 1.96 bits per heavy atom. The second kappa shape index (κ2) is 7.24. The third-order valence-corrected chi connectivity index (χ3v) is 4.06. The first-order chi connectivity index (χ1) is 12.0. The summed E-state index contributed by atoms with van der Waals surface area (Å²) in [5.74, 6) is 11.4. The van der Waals surface area contributed by atoms with Gasteiger partial charge in [-0.3, -0.25) is 5.10 Å². The molecule has 25 heavy (non-hydrogen) atoms. The molecule has 1 fully saturated rings. The number of aliphatic hydroxyl groups excluding tert-OH is 4. The number of benzene rings is 1. The van der Waals surface area contributed by atoms with Crippen molar-refractivity contribution in [1.82, 2.24) is 10.2 Å². The first kappa shape index (κ1) is 17.4. The molecular weight excluding hydrogens is 324 g/mol. The maximum absolute atomic E-state index is 10.0. The number of aromatic amines is 1. The van der Waals surface area contributed by atoms with Crippen molar-refractivity contribution in [2.75, 3.05) is 6.61 Å². The Kier molecular flexibility index (Phi) is 5.05. The van der Waals surface area contributed by atoms with E-state index in [4.69, 9.17) is 4.74 Å². The predicted octanol–water partition coefficient (Wildman–Crippen LogP) is -0.872. The van der Waals surface area contributed by atoms with Crippen LogP contribution in [-0.2, 0) is 4.74 Å². The molecule has 0 saturated carbocycles. The summed E-state index contributed by atoms with van der Waals surface area (Å²) >= 11 is 0. The van der Waals surface area contributed by atoms with Gasteiger partial charge in [-0.25, -0.2) is 0 Å². The minimum atomic E-state index is -1.45. The minimum absolute atomic E-state index is 0.491. The fraction of sp³-hybridized carbons (Fsp3) is 0.389. The molecule has 1 aliphatic rings. The molecule has 0 radical (unpaired) electrons. The van der Waals surface area contributed by atoms with E-state index in [2.05, 4.69) is 33.9 Å². The van der Waals surface area contributed by atoms with E-state index < -0.39 is 37.1 Å². The summed E-state index contributed by atoms with van der Waals surface area (Å²) in [6.45, 7) is 1.24. The van der Waals surface area contributed by atoms with E-state index in [1.165, 1.54) is 0 Å². The van der Waals surface area contributed by atoms with Crippen LogP contribution in [0.4, 0.5) is 0 Å². The summed E-state index contributed by atoms with van der Waals surface area (Å²) in [4.78, 5) is 0. The van der Waals surface area contributed by atoms with Gasteiger partial charge < -0.3 is 25.2 Å². The van der Waals surface area contributed by atoms with Crippen molar-refractivity contribution in [3.63, 3.8) is 0 Å². The van der Waals surface area contributed by atoms with Crippen molar-refractivity contribution >= 4 is 10.9 Å². The van der Waals surface area contributed by atoms with Crippen molar-refractivity contribution < 1.29 is 25.2 Å². The summed E-state index contributed by atoms with van der Waals surface area (Å²) in [6.07, 6.45) is -4.61. The second-order valence-corrected chi connectivity index (χ2v) is 5.75. The van der Waals surface area contributed by atoms with Gasteiger partial charge in [-0.05, 0) is 19.1 Å². The maximum Gasteiger partial charge on any atom is 0.147 e. The number of hydrogen-bond donors (Lipinski definition) is 5. The molecule has 0 aliphatic carbocycles. The van der Waals surface area contributed by atoms with Gasteiger partial charge in [0.15, 0.2) is 0 Å². The van der Waals surface area contributed by atoms with Crippen LogP contribution in [0.25, 0.3) is 10.9 Å². The summed E-state index contributed by atoms with van der Waals surface area (Å²) in [5.41, 5.74) is 2.11. The highest BCUT2D eigenvalue weighted by atomic mass is 16.5. The topological polar surface area (TPSA) is 119 Å². The zero-order chi connectivity index (χ0) is 18.0. The Morgan fingerprint density at radius 3 is 2.68 bits per heavy atom. The fourth-order valence-corrected chi connectivity index (χ4v) is 2.74. The van der Waals surface area contributed by atoms with Crippen LogP contribution in [0, 0.1) is 23.7 Å². The van der Waals surface area contributed by atoms with Gasteiger partial charge in [-0.2, -0.15) is 5.10 Å². The third-order valence-electron chi connectivity index (χ3n) is 4.06. The number of H-pyrrole nitrogens is 1. The number of nitrogens with one attached hydrogen (secondary N) is 1. The molecule has 130 valence electrons. The molecule has 0 unspecified atom stereocenters. The second-order valence-electron chi connectivity index (χ2n) is 5.75. The SMILES string of the molecule is CC#Cc1cc(C#C[C@H]2O[C@H](CO)[C@@H](O)[C@H](O)[C@@H]2O)c2[nH]ncc2c1. The van der Waals surface area contributed by atoms with Crippen LogP contribution < -0.4 is 0 Å². The molecule has 1 aromatic heterocycles. The van der Waals surface area contributed by atoms with E-state index in [-0.39, 0.29) is 0 Å². The molecule has 5 atom stereocenters. The van der Waals surface area contributed by atoms with Gasteiger partial charge in [0, 0.05) is 10.9 Å². The average Bonchev–Trinajstić information content (AvgIpc) is 3.08. The lowest BCUT2D eigenvalue weighted by Crippen LogP contribution is -2.58. The molecule has 1 aromatic carbocycles. The number of nitrogens with zero attached hydrogens (tertiary/aromatic N) is 1. The zero-order valence-electron chi connectivity index (χ0n) is 13.5. The van der Waals surface area contributed by atoms with E-state index in [1.54, 1.807) is 19.2 Å². The van der Waals surface area contributed by atoms with Crippen LogP contribution in [0.15, 0.2) is 18.3 Å². The lowest BCUT2D eigenvalue weighted by Gasteiger charge is -2.37. The Morgan fingerprint density at radius 1 is 1.16 bits per heavy atom. The number of aromatic nitrogens is 2. The first-order valence-electron chi connectivity index (χ1n) is 7.77. The standard InChI is InChI=1S/C18H18N2O5/c1-2-3-10-6-11(15-12(7-10)8-19-20-15)4-5-13-16(22)18(24)17(23)14(9-21)25-13/h6-8,13-14,16-18,21-24H,9H2,1H3,(H,19,20)/t13-,14-,16-,17-,18-/m1/s1. The molecular formula is C18H18N2O5. The molecule has 2 heterocycles. The van der Waals surface area contributed by atoms with E-state index in [0.29, 0.717) is 5.56 Å². The maximum atomic E-state index is 10.0. The van der Waals surface area contributed by atoms with E-state index in [0.717, 1.165) is 16.5 Å². The monoisotopic (exact) mass is 342 g/mol. The van der Waals surface area contributed by atoms with Gasteiger partial charge in [0.05, 0.1) is 23.9 Å². The third kappa shape index (κ3) is 3.38. The molecule has 1 saturated heterocycles. The molecule has 7 nitrogen and oxygen atoms in total. The van der Waals surface area contributed by atoms with Crippen molar-refractivity contribution in [1.29, 1.82) is 0 Å². The molecule has 0 bridgehead atoms. The largest absolute Gasteiger partial charge is 0.394 e. The van der Waals surface area contributed by atoms with Crippen molar-refractivity contribution in [3.8, 4) is 23.7 Å². The van der Waals surface area contributed by atoms with Gasteiger partial charge in [0.1, 0.15) is 30.5 Å². The van der Waals surface area contributed by atoms with Crippen LogP contribution in [-0.4, -0.2) is 67.8 Å². The smallest absolute Gasteiger partial charge is 0.147 e. The van der Waals surface area contributed by atoms with Crippen LogP contribution in [0.3, 0.4) is 0 Å². The summed E-state index contributed by atoms with van der Waals surface area (Å²) in [6, 6.07) is 3.67. The van der Waals surface area contributed by atoms with Crippen LogP contribution in [0.1, 0.15) is 18.1 Å². The Hall–Kier alpha value is -2.39. The summed E-state index contributed by atoms with van der Waals surface area (Å²) in [5, 5.41) is 46.6. The first-order valence-corrected chi connectivity index (χ1v) is 7.77. The zero-order valence-corrected chi connectivity index (χ0v) is 13.5. The fourth-order valence-electron chi connectivity index (χ4n) is 2.74. The molecule has 2 aromatic rings. The lowest BCUT2D eigenvalue weighted by molar-refractivity contribution is -0.214. The Labute approximate surface area is 144 Å².